The summed E-state index contributed by atoms with van der Waals surface area (Å²) in [7, 11) is 1.53. The molecule has 35 heavy (non-hydrogen) atoms. The van der Waals surface area contributed by atoms with Gasteiger partial charge in [-0.3, -0.25) is 14.5 Å². The van der Waals surface area contributed by atoms with Crippen molar-refractivity contribution in [2.24, 2.45) is 0 Å². The monoisotopic (exact) mass is 571 g/mol. The van der Waals surface area contributed by atoms with Gasteiger partial charge in [-0.25, -0.2) is 0 Å². The van der Waals surface area contributed by atoms with Crippen molar-refractivity contribution in [1.29, 1.82) is 0 Å². The lowest BCUT2D eigenvalue weighted by molar-refractivity contribution is -0.122. The molecule has 1 saturated heterocycles. The van der Waals surface area contributed by atoms with Crippen molar-refractivity contribution >= 4 is 56.5 Å². The van der Waals surface area contributed by atoms with E-state index in [0.717, 1.165) is 28.2 Å². The van der Waals surface area contributed by atoms with Crippen LogP contribution in [0.3, 0.4) is 0 Å². The maximum Gasteiger partial charge on any atom is 0.293 e. The maximum atomic E-state index is 12.9. The fourth-order valence-corrected chi connectivity index (χ4v) is 5.03. The number of aryl methyl sites for hydroxylation is 1. The summed E-state index contributed by atoms with van der Waals surface area (Å²) in [4.78, 5) is 27.0. The lowest BCUT2D eigenvalue weighted by Gasteiger charge is -2.14. The fraction of sp³-hybridized carbons (Fsp3) is 0.185. The second-order valence-corrected chi connectivity index (χ2v) is 10.2. The second kappa shape index (κ2) is 11.8. The normalized spacial score (nSPS) is 14.6. The molecule has 0 aromatic heterocycles. The van der Waals surface area contributed by atoms with Crippen molar-refractivity contribution in [3.63, 3.8) is 0 Å². The molecule has 4 rings (SSSR count). The summed E-state index contributed by atoms with van der Waals surface area (Å²) in [5.74, 6) is 0.574. The van der Waals surface area contributed by atoms with E-state index in [9.17, 15) is 9.59 Å². The number of methoxy groups -OCH3 is 1. The molecule has 1 fully saturated rings. The smallest absolute Gasteiger partial charge is 0.293 e. The number of hydrogen-bond acceptors (Lipinski definition) is 5. The lowest BCUT2D eigenvalue weighted by atomic mass is 10.1. The topological polar surface area (TPSA) is 55.8 Å². The molecule has 3 aromatic carbocycles. The quantitative estimate of drug-likeness (QED) is 0.251. The zero-order valence-electron chi connectivity index (χ0n) is 19.0. The molecule has 1 aliphatic rings. The predicted octanol–water partition coefficient (Wildman–Crippen LogP) is 7.36. The Bertz CT molecular complexity index is 1250. The van der Waals surface area contributed by atoms with Crippen LogP contribution < -0.4 is 9.47 Å². The van der Waals surface area contributed by atoms with Crippen LogP contribution in [-0.2, 0) is 17.8 Å². The molecular formula is C27H23BrClNO4S. The minimum absolute atomic E-state index is 0.262. The Kier molecular flexibility index (Phi) is 8.55. The van der Waals surface area contributed by atoms with E-state index in [4.69, 9.17) is 21.1 Å². The first-order valence-electron chi connectivity index (χ1n) is 11.0. The number of rotatable bonds is 9. The number of ether oxygens (including phenoxy) is 2. The molecule has 8 heteroatoms. The van der Waals surface area contributed by atoms with Gasteiger partial charge in [0.15, 0.2) is 11.5 Å². The molecule has 0 spiro atoms. The summed E-state index contributed by atoms with van der Waals surface area (Å²) in [6.45, 7) is 0.703. The van der Waals surface area contributed by atoms with Crippen molar-refractivity contribution in [1.82, 2.24) is 4.90 Å². The Morgan fingerprint density at radius 1 is 1.03 bits per heavy atom. The number of thioether (sulfide) groups is 1. The number of hydrogen-bond donors (Lipinski definition) is 0. The summed E-state index contributed by atoms with van der Waals surface area (Å²) < 4.78 is 12.4. The summed E-state index contributed by atoms with van der Waals surface area (Å²) >= 11 is 10.9. The van der Waals surface area contributed by atoms with Gasteiger partial charge >= 0.3 is 0 Å². The summed E-state index contributed by atoms with van der Waals surface area (Å²) in [5.41, 5.74) is 2.81. The van der Waals surface area contributed by atoms with Gasteiger partial charge in [-0.05, 0) is 71.6 Å². The number of benzene rings is 3. The highest BCUT2D eigenvalue weighted by Gasteiger charge is 2.34. The van der Waals surface area contributed by atoms with E-state index >= 15 is 0 Å². The first-order valence-corrected chi connectivity index (χ1v) is 13.0. The van der Waals surface area contributed by atoms with Gasteiger partial charge in [-0.2, -0.15) is 0 Å². The second-order valence-electron chi connectivity index (χ2n) is 7.87. The Balaban J connectivity index is 1.44. The number of carbonyl (C=O) groups excluding carboxylic acids is 2. The van der Waals surface area contributed by atoms with Crippen molar-refractivity contribution in [3.8, 4) is 11.5 Å². The van der Waals surface area contributed by atoms with Gasteiger partial charge in [-0.15, -0.1) is 0 Å². The van der Waals surface area contributed by atoms with Crippen LogP contribution in [0.1, 0.15) is 23.1 Å². The number of imide groups is 1. The van der Waals surface area contributed by atoms with Crippen LogP contribution in [0, 0.1) is 0 Å². The standard InChI is InChI=1S/C27H23BrClNO4S/c1-33-23-15-20(14-22(29)25(23)34-17-19-9-11-21(28)12-10-19)16-24-26(31)30(27(32)35-24)13-5-8-18-6-3-2-4-7-18/h2-4,6-7,9-12,14-16H,5,8,13,17H2,1H3/b24-16+. The van der Waals surface area contributed by atoms with Gasteiger partial charge < -0.3 is 9.47 Å². The first-order chi connectivity index (χ1) is 16.9. The molecule has 0 bridgehead atoms. The zero-order valence-corrected chi connectivity index (χ0v) is 22.2. The van der Waals surface area contributed by atoms with Gasteiger partial charge in [0.05, 0.1) is 17.0 Å². The Morgan fingerprint density at radius 2 is 1.77 bits per heavy atom. The van der Waals surface area contributed by atoms with Gasteiger partial charge in [0.2, 0.25) is 0 Å². The van der Waals surface area contributed by atoms with Crippen molar-refractivity contribution in [2.75, 3.05) is 13.7 Å². The van der Waals surface area contributed by atoms with E-state index in [1.807, 2.05) is 54.6 Å². The number of halogens is 2. The third kappa shape index (κ3) is 6.48. The molecule has 0 aliphatic carbocycles. The van der Waals surface area contributed by atoms with E-state index < -0.39 is 0 Å². The molecule has 0 unspecified atom stereocenters. The third-order valence-corrected chi connectivity index (χ3v) is 7.13. The molecule has 1 aliphatic heterocycles. The predicted molar refractivity (Wildman–Crippen MR) is 144 cm³/mol. The summed E-state index contributed by atoms with van der Waals surface area (Å²) in [5, 5.41) is 0.0941. The molecule has 0 N–H and O–H groups in total. The molecule has 0 radical (unpaired) electrons. The average molecular weight is 573 g/mol. The molecular weight excluding hydrogens is 550 g/mol. The Morgan fingerprint density at radius 3 is 2.49 bits per heavy atom. The van der Waals surface area contributed by atoms with Gasteiger partial charge in [-0.1, -0.05) is 70.0 Å². The van der Waals surface area contributed by atoms with E-state index in [-0.39, 0.29) is 11.1 Å². The van der Waals surface area contributed by atoms with E-state index in [1.165, 1.54) is 17.6 Å². The van der Waals surface area contributed by atoms with Gasteiger partial charge in [0.25, 0.3) is 11.1 Å². The molecule has 180 valence electrons. The van der Waals surface area contributed by atoms with Crippen LogP contribution in [0.2, 0.25) is 5.02 Å². The minimum atomic E-state index is -0.293. The molecule has 0 atom stereocenters. The van der Waals surface area contributed by atoms with Crippen molar-refractivity contribution in [3.05, 3.63) is 97.8 Å². The molecule has 3 aromatic rings. The Labute approximate surface area is 222 Å². The summed E-state index contributed by atoms with van der Waals surface area (Å²) in [6.07, 6.45) is 3.17. The maximum absolute atomic E-state index is 12.9. The summed E-state index contributed by atoms with van der Waals surface area (Å²) in [6, 6.07) is 21.2. The number of amides is 2. The van der Waals surface area contributed by atoms with E-state index in [2.05, 4.69) is 15.9 Å². The van der Waals surface area contributed by atoms with E-state index in [0.29, 0.717) is 46.6 Å². The first kappa shape index (κ1) is 25.4. The SMILES string of the molecule is COc1cc(/C=C2/SC(=O)N(CCCc3ccccc3)C2=O)cc(Cl)c1OCc1ccc(Br)cc1. The van der Waals surface area contributed by atoms with Crippen molar-refractivity contribution in [2.45, 2.75) is 19.4 Å². The van der Waals surface area contributed by atoms with Gasteiger partial charge in [0.1, 0.15) is 6.61 Å². The highest BCUT2D eigenvalue weighted by molar-refractivity contribution is 9.10. The van der Waals surface area contributed by atoms with Crippen molar-refractivity contribution < 1.29 is 19.1 Å². The molecule has 5 nitrogen and oxygen atoms in total. The van der Waals surface area contributed by atoms with E-state index in [1.54, 1.807) is 18.2 Å². The fourth-order valence-electron chi connectivity index (χ4n) is 3.63. The third-order valence-electron chi connectivity index (χ3n) is 5.41. The Hall–Kier alpha value is -2.74. The zero-order chi connectivity index (χ0) is 24.8. The van der Waals surface area contributed by atoms with Crippen LogP contribution in [0.15, 0.2) is 76.1 Å². The highest BCUT2D eigenvalue weighted by atomic mass is 79.9. The molecule has 2 amide bonds. The number of nitrogens with zero attached hydrogens (tertiary/aromatic N) is 1. The van der Waals surface area contributed by atoms with Crippen LogP contribution in [0.25, 0.3) is 6.08 Å². The average Bonchev–Trinajstić information content (AvgIpc) is 3.12. The van der Waals surface area contributed by atoms with Gasteiger partial charge in [0, 0.05) is 11.0 Å². The molecule has 0 saturated carbocycles. The largest absolute Gasteiger partial charge is 0.493 e. The lowest BCUT2D eigenvalue weighted by Crippen LogP contribution is -2.29. The minimum Gasteiger partial charge on any atom is -0.493 e. The molecule has 1 heterocycles. The number of carbonyl (C=O) groups is 2. The van der Waals surface area contributed by atoms with Crippen LogP contribution in [0.5, 0.6) is 11.5 Å². The van der Waals surface area contributed by atoms with Crippen LogP contribution in [-0.4, -0.2) is 29.7 Å². The van der Waals surface area contributed by atoms with Crippen LogP contribution in [0.4, 0.5) is 4.79 Å². The van der Waals surface area contributed by atoms with Crippen LogP contribution >= 0.6 is 39.3 Å². The highest BCUT2D eigenvalue weighted by Crippen LogP contribution is 2.39.